The fourth-order valence-corrected chi connectivity index (χ4v) is 3.59. The second-order valence-electron chi connectivity index (χ2n) is 9.60. The molecular weight excluding hydrogens is 328 g/mol. The van der Waals surface area contributed by atoms with E-state index in [-0.39, 0.29) is 10.8 Å². The molecule has 0 saturated heterocycles. The lowest BCUT2D eigenvalue weighted by molar-refractivity contribution is 0.587. The molecule has 0 aliphatic rings. The molecule has 0 bridgehead atoms. The molecule has 0 amide bonds. The van der Waals surface area contributed by atoms with Gasteiger partial charge in [0.1, 0.15) is 11.2 Å². The van der Waals surface area contributed by atoms with Crippen LogP contribution >= 0.6 is 0 Å². The first kappa shape index (κ1) is 17.9. The minimum atomic E-state index is 0.118. The zero-order chi connectivity index (χ0) is 19.4. The van der Waals surface area contributed by atoms with E-state index in [0.29, 0.717) is 0 Å². The molecule has 0 N–H and O–H groups in total. The van der Waals surface area contributed by atoms with E-state index in [1.165, 1.54) is 33.0 Å². The largest absolute Gasteiger partial charge is 0.456 e. The van der Waals surface area contributed by atoms with E-state index in [2.05, 4.69) is 102 Å². The zero-order valence-electron chi connectivity index (χ0n) is 17.2. The van der Waals surface area contributed by atoms with Crippen molar-refractivity contribution >= 4 is 21.9 Å². The Morgan fingerprint density at radius 3 is 1.74 bits per heavy atom. The number of hydrogen-bond donors (Lipinski definition) is 0. The molecule has 0 unspecified atom stereocenters. The second-order valence-corrected chi connectivity index (χ2v) is 9.60. The lowest BCUT2D eigenvalue weighted by Gasteiger charge is -2.19. The summed E-state index contributed by atoms with van der Waals surface area (Å²) in [6.07, 6.45) is 0. The van der Waals surface area contributed by atoms with Crippen molar-refractivity contribution in [3.63, 3.8) is 0 Å². The number of hydrogen-bond acceptors (Lipinski definition) is 1. The SMILES string of the molecule is CC(C)(C)c1ccc(-c2ccc3oc4cc(C(C)(C)C)ccc4c3c2)cc1. The smallest absolute Gasteiger partial charge is 0.135 e. The summed E-state index contributed by atoms with van der Waals surface area (Å²) in [5, 5.41) is 2.37. The van der Waals surface area contributed by atoms with E-state index in [1.807, 2.05) is 0 Å². The van der Waals surface area contributed by atoms with Crippen LogP contribution in [0.15, 0.2) is 65.1 Å². The van der Waals surface area contributed by atoms with Gasteiger partial charge in [0.05, 0.1) is 0 Å². The highest BCUT2D eigenvalue weighted by atomic mass is 16.3. The summed E-state index contributed by atoms with van der Waals surface area (Å²) in [7, 11) is 0. The molecule has 0 saturated carbocycles. The van der Waals surface area contributed by atoms with Gasteiger partial charge in [-0.25, -0.2) is 0 Å². The first-order chi connectivity index (χ1) is 12.6. The Hall–Kier alpha value is -2.54. The Kier molecular flexibility index (Phi) is 3.96. The molecule has 1 heterocycles. The minimum absolute atomic E-state index is 0.118. The average Bonchev–Trinajstić information content (AvgIpc) is 2.97. The molecule has 1 heteroatoms. The first-order valence-electron chi connectivity index (χ1n) is 9.71. The summed E-state index contributed by atoms with van der Waals surface area (Å²) < 4.78 is 6.14. The molecule has 0 atom stereocenters. The maximum atomic E-state index is 6.14. The molecular formula is C26H28O. The third-order valence-electron chi connectivity index (χ3n) is 5.42. The van der Waals surface area contributed by atoms with Crippen LogP contribution in [0.2, 0.25) is 0 Å². The second kappa shape index (κ2) is 5.99. The lowest BCUT2D eigenvalue weighted by Crippen LogP contribution is -2.10. The Labute approximate surface area is 162 Å². The van der Waals surface area contributed by atoms with E-state index in [9.17, 15) is 0 Å². The highest BCUT2D eigenvalue weighted by molar-refractivity contribution is 6.06. The molecule has 0 aliphatic heterocycles. The topological polar surface area (TPSA) is 13.1 Å². The van der Waals surface area contributed by atoms with E-state index in [0.717, 1.165) is 11.2 Å². The van der Waals surface area contributed by atoms with Gasteiger partial charge >= 0.3 is 0 Å². The van der Waals surface area contributed by atoms with E-state index in [1.54, 1.807) is 0 Å². The number of benzene rings is 3. The van der Waals surface area contributed by atoms with Crippen LogP contribution in [0.1, 0.15) is 52.7 Å². The van der Waals surface area contributed by atoms with Gasteiger partial charge in [-0.2, -0.15) is 0 Å². The third kappa shape index (κ3) is 3.27. The van der Waals surface area contributed by atoms with Gasteiger partial charge in [-0.1, -0.05) is 84.0 Å². The fourth-order valence-electron chi connectivity index (χ4n) is 3.59. The molecule has 1 aromatic heterocycles. The monoisotopic (exact) mass is 356 g/mol. The van der Waals surface area contributed by atoms with Crippen LogP contribution in [0.3, 0.4) is 0 Å². The summed E-state index contributed by atoms with van der Waals surface area (Å²) >= 11 is 0. The number of rotatable bonds is 1. The van der Waals surface area contributed by atoms with Crippen LogP contribution < -0.4 is 0 Å². The zero-order valence-corrected chi connectivity index (χ0v) is 17.2. The van der Waals surface area contributed by atoms with Crippen molar-refractivity contribution in [2.45, 2.75) is 52.4 Å². The summed E-state index contributed by atoms with van der Waals surface area (Å²) in [6.45, 7) is 13.4. The van der Waals surface area contributed by atoms with Crippen molar-refractivity contribution in [1.29, 1.82) is 0 Å². The van der Waals surface area contributed by atoms with Gasteiger partial charge in [0.25, 0.3) is 0 Å². The maximum Gasteiger partial charge on any atom is 0.135 e. The Bertz CT molecular complexity index is 1110. The van der Waals surface area contributed by atoms with Crippen molar-refractivity contribution in [2.24, 2.45) is 0 Å². The molecule has 0 radical (unpaired) electrons. The molecule has 0 fully saturated rings. The normalized spacial score (nSPS) is 12.8. The van der Waals surface area contributed by atoms with Gasteiger partial charge < -0.3 is 4.42 Å². The number of fused-ring (bicyclic) bond motifs is 3. The summed E-state index contributed by atoms with van der Waals surface area (Å²) in [4.78, 5) is 0. The van der Waals surface area contributed by atoms with Crippen molar-refractivity contribution in [3.8, 4) is 11.1 Å². The van der Waals surface area contributed by atoms with Gasteiger partial charge in [-0.15, -0.1) is 0 Å². The van der Waals surface area contributed by atoms with Gasteiger partial charge in [0.15, 0.2) is 0 Å². The molecule has 1 nitrogen and oxygen atoms in total. The third-order valence-corrected chi connectivity index (χ3v) is 5.42. The van der Waals surface area contributed by atoms with Crippen molar-refractivity contribution < 1.29 is 4.42 Å². The lowest BCUT2D eigenvalue weighted by atomic mass is 9.86. The van der Waals surface area contributed by atoms with E-state index < -0.39 is 0 Å². The van der Waals surface area contributed by atoms with Crippen LogP contribution in [0.4, 0.5) is 0 Å². The molecule has 27 heavy (non-hydrogen) atoms. The van der Waals surface area contributed by atoms with Crippen LogP contribution in [0.5, 0.6) is 0 Å². The predicted octanol–water partition coefficient (Wildman–Crippen LogP) is 7.85. The molecule has 4 rings (SSSR count). The first-order valence-corrected chi connectivity index (χ1v) is 9.71. The molecule has 3 aromatic carbocycles. The number of furan rings is 1. The summed E-state index contributed by atoms with van der Waals surface area (Å²) in [5.74, 6) is 0. The van der Waals surface area contributed by atoms with Crippen LogP contribution in [-0.4, -0.2) is 0 Å². The summed E-state index contributed by atoms with van der Waals surface area (Å²) in [5.41, 5.74) is 7.34. The van der Waals surface area contributed by atoms with Crippen molar-refractivity contribution in [2.75, 3.05) is 0 Å². The van der Waals surface area contributed by atoms with E-state index >= 15 is 0 Å². The molecule has 0 spiro atoms. The Morgan fingerprint density at radius 1 is 0.519 bits per heavy atom. The van der Waals surface area contributed by atoms with Crippen molar-refractivity contribution in [1.82, 2.24) is 0 Å². The quantitative estimate of drug-likeness (QED) is 0.338. The molecule has 0 aliphatic carbocycles. The average molecular weight is 357 g/mol. The molecule has 4 aromatic rings. The maximum absolute atomic E-state index is 6.14. The predicted molar refractivity (Wildman–Crippen MR) is 117 cm³/mol. The Morgan fingerprint density at radius 2 is 1.11 bits per heavy atom. The van der Waals surface area contributed by atoms with Crippen LogP contribution in [0.25, 0.3) is 33.1 Å². The standard InChI is InChI=1S/C26H28O/c1-25(2,3)19-10-7-17(8-11-19)18-9-14-23-22(15-18)21-13-12-20(26(4,5)6)16-24(21)27-23/h7-16H,1-6H3. The van der Waals surface area contributed by atoms with Gasteiger partial charge in [-0.05, 0) is 51.3 Å². The van der Waals surface area contributed by atoms with E-state index in [4.69, 9.17) is 4.42 Å². The van der Waals surface area contributed by atoms with Gasteiger partial charge in [0.2, 0.25) is 0 Å². The van der Waals surface area contributed by atoms with Crippen molar-refractivity contribution in [3.05, 3.63) is 71.8 Å². The van der Waals surface area contributed by atoms with Gasteiger partial charge in [0, 0.05) is 10.8 Å². The summed E-state index contributed by atoms with van der Waals surface area (Å²) in [6, 6.07) is 22.0. The highest BCUT2D eigenvalue weighted by Gasteiger charge is 2.17. The highest BCUT2D eigenvalue weighted by Crippen LogP contribution is 2.35. The molecule has 138 valence electrons. The van der Waals surface area contributed by atoms with Gasteiger partial charge in [-0.3, -0.25) is 0 Å². The fraction of sp³-hybridized carbons (Fsp3) is 0.308. The van der Waals surface area contributed by atoms with Crippen LogP contribution in [0, 0.1) is 0 Å². The Balaban J connectivity index is 1.81. The minimum Gasteiger partial charge on any atom is -0.456 e. The van der Waals surface area contributed by atoms with Crippen LogP contribution in [-0.2, 0) is 10.8 Å².